The van der Waals surface area contributed by atoms with Crippen LogP contribution in [0.15, 0.2) is 36.5 Å². The van der Waals surface area contributed by atoms with Gasteiger partial charge in [-0.2, -0.15) is 0 Å². The maximum Gasteiger partial charge on any atom is 0.315 e. The Bertz CT molecular complexity index is 930. The van der Waals surface area contributed by atoms with Crippen LogP contribution in [0.1, 0.15) is 24.0 Å². The molecule has 8 heteroatoms. The van der Waals surface area contributed by atoms with Crippen molar-refractivity contribution >= 4 is 17.5 Å². The highest BCUT2D eigenvalue weighted by Gasteiger charge is 2.23. The van der Waals surface area contributed by atoms with Crippen molar-refractivity contribution in [1.29, 1.82) is 0 Å². The Morgan fingerprint density at radius 1 is 1.12 bits per heavy atom. The van der Waals surface area contributed by atoms with E-state index in [1.165, 1.54) is 6.07 Å². The van der Waals surface area contributed by atoms with Crippen molar-refractivity contribution in [2.24, 2.45) is 0 Å². The van der Waals surface area contributed by atoms with Crippen LogP contribution in [0.2, 0.25) is 0 Å². The van der Waals surface area contributed by atoms with E-state index in [9.17, 15) is 9.18 Å². The van der Waals surface area contributed by atoms with Crippen molar-refractivity contribution in [3.05, 3.63) is 53.5 Å². The molecule has 0 spiro atoms. The van der Waals surface area contributed by atoms with Crippen LogP contribution in [0.4, 0.5) is 20.7 Å². The number of amides is 2. The van der Waals surface area contributed by atoms with E-state index in [1.54, 1.807) is 12.3 Å². The normalized spacial score (nSPS) is 19.7. The molecule has 2 aliphatic heterocycles. The smallest absolute Gasteiger partial charge is 0.315 e. The summed E-state index contributed by atoms with van der Waals surface area (Å²) >= 11 is 0. The number of carbonyl (C=O) groups is 1. The molecule has 2 saturated heterocycles. The Morgan fingerprint density at radius 3 is 2.75 bits per heavy atom. The van der Waals surface area contributed by atoms with Crippen LogP contribution in [0.25, 0.3) is 0 Å². The molecule has 1 aromatic carbocycles. The number of piperazine rings is 1. The summed E-state index contributed by atoms with van der Waals surface area (Å²) in [6.45, 7) is 7.78. The lowest BCUT2D eigenvalue weighted by Gasteiger charge is -2.35. The SMILES string of the molecule is Cc1ccc(F)c(N2CCCC(NC(=O)NCc3ccnc(N4CCN(C)CC4)c3)C2)c1. The molecule has 2 aromatic rings. The Morgan fingerprint density at radius 2 is 1.94 bits per heavy atom. The van der Waals surface area contributed by atoms with Crippen molar-refractivity contribution < 1.29 is 9.18 Å². The van der Waals surface area contributed by atoms with E-state index in [2.05, 4.69) is 38.5 Å². The van der Waals surface area contributed by atoms with E-state index in [0.717, 1.165) is 62.5 Å². The molecule has 0 bridgehead atoms. The largest absolute Gasteiger partial charge is 0.367 e. The van der Waals surface area contributed by atoms with E-state index in [4.69, 9.17) is 0 Å². The van der Waals surface area contributed by atoms with Gasteiger partial charge in [0.2, 0.25) is 0 Å². The van der Waals surface area contributed by atoms with E-state index in [0.29, 0.717) is 18.8 Å². The topological polar surface area (TPSA) is 63.7 Å². The zero-order valence-electron chi connectivity index (χ0n) is 19.0. The molecule has 2 amide bonds. The number of benzene rings is 1. The van der Waals surface area contributed by atoms with Gasteiger partial charge in [-0.15, -0.1) is 0 Å². The number of aryl methyl sites for hydroxylation is 1. The number of pyridine rings is 1. The average Bonchev–Trinajstić information content (AvgIpc) is 2.80. The highest BCUT2D eigenvalue weighted by atomic mass is 19.1. The molecule has 2 fully saturated rings. The van der Waals surface area contributed by atoms with Gasteiger partial charge in [0, 0.05) is 58.1 Å². The summed E-state index contributed by atoms with van der Waals surface area (Å²) in [4.78, 5) is 23.7. The number of rotatable bonds is 5. The van der Waals surface area contributed by atoms with Crippen LogP contribution in [0.5, 0.6) is 0 Å². The molecule has 2 aliphatic rings. The molecule has 1 atom stereocenters. The molecule has 7 nitrogen and oxygen atoms in total. The minimum Gasteiger partial charge on any atom is -0.367 e. The van der Waals surface area contributed by atoms with Crippen LogP contribution in [0.3, 0.4) is 0 Å². The second-order valence-corrected chi connectivity index (χ2v) is 8.88. The predicted molar refractivity (Wildman–Crippen MR) is 126 cm³/mol. The second-order valence-electron chi connectivity index (χ2n) is 8.88. The van der Waals surface area contributed by atoms with Crippen molar-refractivity contribution in [2.75, 3.05) is 56.1 Å². The summed E-state index contributed by atoms with van der Waals surface area (Å²) in [6.07, 6.45) is 3.61. The fourth-order valence-electron chi connectivity index (χ4n) is 4.38. The Balaban J connectivity index is 1.28. The fourth-order valence-corrected chi connectivity index (χ4v) is 4.38. The number of hydrogen-bond donors (Lipinski definition) is 2. The molecule has 0 saturated carbocycles. The Hall–Kier alpha value is -2.87. The van der Waals surface area contributed by atoms with Gasteiger partial charge in [-0.05, 0) is 62.2 Å². The zero-order chi connectivity index (χ0) is 22.5. The third kappa shape index (κ3) is 5.68. The van der Waals surface area contributed by atoms with Gasteiger partial charge in [0.25, 0.3) is 0 Å². The number of hydrogen-bond acceptors (Lipinski definition) is 5. The number of nitrogens with zero attached hydrogens (tertiary/aromatic N) is 4. The third-order valence-corrected chi connectivity index (χ3v) is 6.29. The molecule has 172 valence electrons. The van der Waals surface area contributed by atoms with Crippen molar-refractivity contribution in [1.82, 2.24) is 20.5 Å². The second kappa shape index (κ2) is 10.2. The standard InChI is InChI=1S/C24H33FN6O/c1-18-5-6-21(25)22(14-18)31-9-3-4-20(17-31)28-24(32)27-16-19-7-8-26-23(15-19)30-12-10-29(2)11-13-30/h5-8,14-15,20H,3-4,9-13,16-17H2,1-2H3,(H2,27,28,32). The maximum absolute atomic E-state index is 14.3. The summed E-state index contributed by atoms with van der Waals surface area (Å²) < 4.78 is 14.3. The summed E-state index contributed by atoms with van der Waals surface area (Å²) in [5.74, 6) is 0.746. The number of likely N-dealkylation sites (N-methyl/N-ethyl adjacent to an activating group) is 1. The lowest BCUT2D eigenvalue weighted by molar-refractivity contribution is 0.234. The predicted octanol–water partition coefficient (Wildman–Crippen LogP) is 2.75. The van der Waals surface area contributed by atoms with Gasteiger partial charge < -0.3 is 25.3 Å². The highest BCUT2D eigenvalue weighted by molar-refractivity contribution is 5.74. The number of carbonyl (C=O) groups excluding carboxylic acids is 1. The molecule has 0 aliphatic carbocycles. The summed E-state index contributed by atoms with van der Waals surface area (Å²) in [7, 11) is 2.13. The quantitative estimate of drug-likeness (QED) is 0.749. The monoisotopic (exact) mass is 440 g/mol. The van der Waals surface area contributed by atoms with Crippen molar-refractivity contribution in [3.8, 4) is 0 Å². The van der Waals surface area contributed by atoms with Gasteiger partial charge in [0.15, 0.2) is 0 Å². The highest BCUT2D eigenvalue weighted by Crippen LogP contribution is 2.24. The maximum atomic E-state index is 14.3. The minimum atomic E-state index is -0.213. The first kappa shape index (κ1) is 22.3. The van der Waals surface area contributed by atoms with Crippen LogP contribution in [-0.2, 0) is 6.54 Å². The number of aromatic nitrogens is 1. The molecule has 1 aromatic heterocycles. The molecule has 32 heavy (non-hydrogen) atoms. The summed E-state index contributed by atoms with van der Waals surface area (Å²) in [5, 5.41) is 6.02. The molecule has 0 radical (unpaired) electrons. The molecular weight excluding hydrogens is 407 g/mol. The molecule has 4 rings (SSSR count). The van der Waals surface area contributed by atoms with Crippen LogP contribution in [-0.4, -0.2) is 68.3 Å². The third-order valence-electron chi connectivity index (χ3n) is 6.29. The van der Waals surface area contributed by atoms with Gasteiger partial charge in [0.1, 0.15) is 11.6 Å². The Labute approximate surface area is 189 Å². The van der Waals surface area contributed by atoms with Gasteiger partial charge in [0.05, 0.1) is 5.69 Å². The van der Waals surface area contributed by atoms with Gasteiger partial charge in [-0.3, -0.25) is 0 Å². The van der Waals surface area contributed by atoms with Crippen LogP contribution < -0.4 is 20.4 Å². The minimum absolute atomic E-state index is 0.0120. The fraction of sp³-hybridized carbons (Fsp3) is 0.500. The number of halogens is 1. The van der Waals surface area contributed by atoms with Crippen molar-refractivity contribution in [3.63, 3.8) is 0 Å². The van der Waals surface area contributed by atoms with Gasteiger partial charge in [-0.25, -0.2) is 14.2 Å². The molecular formula is C24H33FN6O. The lowest BCUT2D eigenvalue weighted by Crippen LogP contribution is -2.50. The average molecular weight is 441 g/mol. The van der Waals surface area contributed by atoms with Crippen molar-refractivity contribution in [2.45, 2.75) is 32.4 Å². The van der Waals surface area contributed by atoms with Gasteiger partial charge in [-0.1, -0.05) is 6.07 Å². The first-order valence-corrected chi connectivity index (χ1v) is 11.4. The van der Waals surface area contributed by atoms with E-state index < -0.39 is 0 Å². The number of piperidine rings is 1. The zero-order valence-corrected chi connectivity index (χ0v) is 19.0. The van der Waals surface area contributed by atoms with Gasteiger partial charge >= 0.3 is 6.03 Å². The molecule has 2 N–H and O–H groups in total. The lowest BCUT2D eigenvalue weighted by atomic mass is 10.0. The number of urea groups is 1. The summed E-state index contributed by atoms with van der Waals surface area (Å²) in [5.41, 5.74) is 2.67. The van der Waals surface area contributed by atoms with E-state index in [-0.39, 0.29) is 17.9 Å². The first-order valence-electron chi connectivity index (χ1n) is 11.4. The summed E-state index contributed by atoms with van der Waals surface area (Å²) in [6, 6.07) is 8.94. The molecule has 3 heterocycles. The van der Waals surface area contributed by atoms with Crippen LogP contribution >= 0.6 is 0 Å². The first-order chi connectivity index (χ1) is 15.5. The van der Waals surface area contributed by atoms with Crippen LogP contribution in [0, 0.1) is 12.7 Å². The molecule has 1 unspecified atom stereocenters. The number of nitrogens with one attached hydrogen (secondary N) is 2. The van der Waals surface area contributed by atoms with E-state index in [1.807, 2.05) is 24.0 Å². The van der Waals surface area contributed by atoms with E-state index >= 15 is 0 Å². The number of anilines is 2. The Kier molecular flexibility index (Phi) is 7.09.